The molecule has 1 fully saturated rings. The van der Waals surface area contributed by atoms with Crippen LogP contribution in [0.5, 0.6) is 0 Å². The Labute approximate surface area is 121 Å². The summed E-state index contributed by atoms with van der Waals surface area (Å²) in [5.74, 6) is 2.56. The van der Waals surface area contributed by atoms with Crippen LogP contribution in [0.1, 0.15) is 30.9 Å². The van der Waals surface area contributed by atoms with E-state index in [4.69, 9.17) is 5.73 Å². The number of anilines is 1. The third-order valence-electron chi connectivity index (χ3n) is 3.92. The lowest BCUT2D eigenvalue weighted by Gasteiger charge is -2.23. The second kappa shape index (κ2) is 7.20. The molecule has 2 rings (SSSR count). The Bertz CT molecular complexity index is 398. The van der Waals surface area contributed by atoms with E-state index in [0.717, 1.165) is 12.8 Å². The number of hydrogen-bond acceptors (Lipinski definition) is 3. The first-order chi connectivity index (χ1) is 9.20. The SMILES string of the molecule is CCC(N)Cc1ccc(N2CCCSCC2)cc1C. The minimum absolute atomic E-state index is 0.291. The van der Waals surface area contributed by atoms with E-state index in [-0.39, 0.29) is 0 Å². The van der Waals surface area contributed by atoms with Gasteiger partial charge < -0.3 is 10.6 Å². The number of rotatable bonds is 4. The van der Waals surface area contributed by atoms with E-state index in [1.807, 2.05) is 0 Å². The Morgan fingerprint density at radius 3 is 2.89 bits per heavy atom. The number of nitrogens with zero attached hydrogens (tertiary/aromatic N) is 1. The predicted octanol–water partition coefficient (Wildman–Crippen LogP) is 3.22. The normalized spacial score (nSPS) is 18.2. The molecule has 1 aliphatic heterocycles. The monoisotopic (exact) mass is 278 g/mol. The minimum Gasteiger partial charge on any atom is -0.371 e. The molecule has 0 aliphatic carbocycles. The van der Waals surface area contributed by atoms with Gasteiger partial charge in [0, 0.05) is 30.6 Å². The van der Waals surface area contributed by atoms with Gasteiger partial charge in [0.25, 0.3) is 0 Å². The van der Waals surface area contributed by atoms with Crippen LogP contribution in [0.3, 0.4) is 0 Å². The summed E-state index contributed by atoms with van der Waals surface area (Å²) in [4.78, 5) is 2.52. The molecular weight excluding hydrogens is 252 g/mol. The molecule has 0 saturated carbocycles. The topological polar surface area (TPSA) is 29.3 Å². The molecule has 1 aromatic carbocycles. The molecule has 3 heteroatoms. The van der Waals surface area contributed by atoms with Crippen molar-refractivity contribution in [3.63, 3.8) is 0 Å². The van der Waals surface area contributed by atoms with E-state index >= 15 is 0 Å². The zero-order chi connectivity index (χ0) is 13.7. The van der Waals surface area contributed by atoms with Crippen LogP contribution in [0.25, 0.3) is 0 Å². The first kappa shape index (κ1) is 14.7. The summed E-state index contributed by atoms with van der Waals surface area (Å²) in [7, 11) is 0. The van der Waals surface area contributed by atoms with Gasteiger partial charge in [0.05, 0.1) is 0 Å². The van der Waals surface area contributed by atoms with Crippen LogP contribution in [0.4, 0.5) is 5.69 Å². The highest BCUT2D eigenvalue weighted by atomic mass is 32.2. The summed E-state index contributed by atoms with van der Waals surface area (Å²) >= 11 is 2.07. The highest BCUT2D eigenvalue weighted by Gasteiger charge is 2.11. The van der Waals surface area contributed by atoms with Crippen molar-refractivity contribution >= 4 is 17.4 Å². The first-order valence-corrected chi connectivity index (χ1v) is 8.54. The molecule has 1 aromatic rings. The fourth-order valence-corrected chi connectivity index (χ4v) is 3.42. The zero-order valence-electron chi connectivity index (χ0n) is 12.2. The predicted molar refractivity (Wildman–Crippen MR) is 87.3 cm³/mol. The smallest absolute Gasteiger partial charge is 0.0369 e. The fraction of sp³-hybridized carbons (Fsp3) is 0.625. The summed E-state index contributed by atoms with van der Waals surface area (Å²) < 4.78 is 0. The third kappa shape index (κ3) is 4.15. The molecule has 19 heavy (non-hydrogen) atoms. The van der Waals surface area contributed by atoms with Gasteiger partial charge >= 0.3 is 0 Å². The molecule has 2 nitrogen and oxygen atoms in total. The molecule has 0 spiro atoms. The zero-order valence-corrected chi connectivity index (χ0v) is 13.0. The van der Waals surface area contributed by atoms with Crippen LogP contribution in [0, 0.1) is 6.92 Å². The Balaban J connectivity index is 2.08. The minimum atomic E-state index is 0.291. The molecule has 106 valence electrons. The van der Waals surface area contributed by atoms with Crippen molar-refractivity contribution < 1.29 is 0 Å². The van der Waals surface area contributed by atoms with Gasteiger partial charge in [-0.3, -0.25) is 0 Å². The largest absolute Gasteiger partial charge is 0.371 e. The van der Waals surface area contributed by atoms with E-state index in [2.05, 4.69) is 48.7 Å². The van der Waals surface area contributed by atoms with Gasteiger partial charge in [-0.1, -0.05) is 13.0 Å². The lowest BCUT2D eigenvalue weighted by atomic mass is 9.99. The molecule has 1 saturated heterocycles. The number of nitrogens with two attached hydrogens (primary N) is 1. The highest BCUT2D eigenvalue weighted by Crippen LogP contribution is 2.23. The number of aryl methyl sites for hydroxylation is 1. The summed E-state index contributed by atoms with van der Waals surface area (Å²) in [5.41, 5.74) is 10.2. The van der Waals surface area contributed by atoms with Crippen molar-refractivity contribution in [3.8, 4) is 0 Å². The van der Waals surface area contributed by atoms with Gasteiger partial charge in [-0.05, 0) is 55.2 Å². The maximum absolute atomic E-state index is 6.06. The van der Waals surface area contributed by atoms with Gasteiger partial charge in [0.15, 0.2) is 0 Å². The van der Waals surface area contributed by atoms with Crippen LogP contribution in [0.15, 0.2) is 18.2 Å². The van der Waals surface area contributed by atoms with Gasteiger partial charge in [0.2, 0.25) is 0 Å². The van der Waals surface area contributed by atoms with Crippen molar-refractivity contribution in [1.29, 1.82) is 0 Å². The average molecular weight is 278 g/mol. The summed E-state index contributed by atoms with van der Waals surface area (Å²) in [5, 5.41) is 0. The number of hydrogen-bond donors (Lipinski definition) is 1. The summed E-state index contributed by atoms with van der Waals surface area (Å²) in [6.07, 6.45) is 3.34. The third-order valence-corrected chi connectivity index (χ3v) is 4.97. The maximum atomic E-state index is 6.06. The molecule has 0 bridgehead atoms. The molecule has 0 radical (unpaired) electrons. The van der Waals surface area contributed by atoms with Gasteiger partial charge in [-0.15, -0.1) is 0 Å². The Hall–Kier alpha value is -0.670. The lowest BCUT2D eigenvalue weighted by molar-refractivity contribution is 0.644. The summed E-state index contributed by atoms with van der Waals surface area (Å²) in [6, 6.07) is 7.19. The molecule has 1 heterocycles. The van der Waals surface area contributed by atoms with Crippen molar-refractivity contribution in [2.24, 2.45) is 5.73 Å². The lowest BCUT2D eigenvalue weighted by Crippen LogP contribution is -2.26. The molecular formula is C16H26N2S. The number of thioether (sulfide) groups is 1. The van der Waals surface area contributed by atoms with E-state index in [9.17, 15) is 0 Å². The second-order valence-electron chi connectivity index (χ2n) is 5.44. The van der Waals surface area contributed by atoms with E-state index in [0.29, 0.717) is 6.04 Å². The van der Waals surface area contributed by atoms with Crippen molar-refractivity contribution in [2.45, 2.75) is 39.2 Å². The van der Waals surface area contributed by atoms with E-state index in [1.165, 1.54) is 47.8 Å². The molecule has 0 amide bonds. The van der Waals surface area contributed by atoms with Crippen LogP contribution >= 0.6 is 11.8 Å². The standard InChI is InChI=1S/C16H26N2S/c1-3-15(17)12-14-5-6-16(11-13(14)2)18-7-4-9-19-10-8-18/h5-6,11,15H,3-4,7-10,12,17H2,1-2H3. The van der Waals surface area contributed by atoms with Crippen molar-refractivity contribution in [2.75, 3.05) is 29.5 Å². The average Bonchev–Trinajstić information content (AvgIpc) is 2.69. The van der Waals surface area contributed by atoms with Crippen LogP contribution < -0.4 is 10.6 Å². The van der Waals surface area contributed by atoms with Crippen LogP contribution in [-0.4, -0.2) is 30.6 Å². The summed E-state index contributed by atoms with van der Waals surface area (Å²) in [6.45, 7) is 6.75. The Morgan fingerprint density at radius 1 is 1.32 bits per heavy atom. The van der Waals surface area contributed by atoms with E-state index < -0.39 is 0 Å². The van der Waals surface area contributed by atoms with Crippen molar-refractivity contribution in [1.82, 2.24) is 0 Å². The van der Waals surface area contributed by atoms with Crippen LogP contribution in [-0.2, 0) is 6.42 Å². The van der Waals surface area contributed by atoms with Crippen LogP contribution in [0.2, 0.25) is 0 Å². The Morgan fingerprint density at radius 2 is 2.16 bits per heavy atom. The molecule has 1 unspecified atom stereocenters. The van der Waals surface area contributed by atoms with Gasteiger partial charge in [-0.2, -0.15) is 11.8 Å². The number of benzene rings is 1. The van der Waals surface area contributed by atoms with Crippen molar-refractivity contribution in [3.05, 3.63) is 29.3 Å². The van der Waals surface area contributed by atoms with Gasteiger partial charge in [0.1, 0.15) is 0 Å². The molecule has 0 aromatic heterocycles. The maximum Gasteiger partial charge on any atom is 0.0369 e. The fourth-order valence-electron chi connectivity index (χ4n) is 2.54. The first-order valence-electron chi connectivity index (χ1n) is 7.38. The molecule has 2 N–H and O–H groups in total. The Kier molecular flexibility index (Phi) is 5.59. The quantitative estimate of drug-likeness (QED) is 0.917. The van der Waals surface area contributed by atoms with Gasteiger partial charge in [-0.25, -0.2) is 0 Å². The highest BCUT2D eigenvalue weighted by molar-refractivity contribution is 7.99. The van der Waals surface area contributed by atoms with E-state index in [1.54, 1.807) is 0 Å². The second-order valence-corrected chi connectivity index (χ2v) is 6.66. The molecule has 1 atom stereocenters. The molecule has 1 aliphatic rings.